The van der Waals surface area contributed by atoms with Crippen LogP contribution in [0.5, 0.6) is 5.75 Å². The van der Waals surface area contributed by atoms with E-state index in [0.717, 1.165) is 18.4 Å². The molecule has 3 rings (SSSR count). The molecule has 1 atom stereocenters. The molecule has 3 aromatic rings. The summed E-state index contributed by atoms with van der Waals surface area (Å²) in [6.07, 6.45) is 2.12. The minimum absolute atomic E-state index is 0.136. The first-order valence-electron chi connectivity index (χ1n) is 11.7. The maximum absolute atomic E-state index is 13.5. The van der Waals surface area contributed by atoms with Gasteiger partial charge in [-0.1, -0.05) is 73.5 Å². The number of carbonyl (C=O) groups is 2. The van der Waals surface area contributed by atoms with Crippen molar-refractivity contribution in [3.8, 4) is 5.75 Å². The molecule has 184 valence electrons. The van der Waals surface area contributed by atoms with E-state index in [-0.39, 0.29) is 30.8 Å². The minimum Gasteiger partial charge on any atom is -0.484 e. The Labute approximate surface area is 210 Å². The first-order valence-corrected chi connectivity index (χ1v) is 12.1. The third-order valence-electron chi connectivity index (χ3n) is 5.53. The lowest BCUT2D eigenvalue weighted by Gasteiger charge is -2.31. The summed E-state index contributed by atoms with van der Waals surface area (Å²) in [6.45, 7) is 2.44. The van der Waals surface area contributed by atoms with Gasteiger partial charge in [0.2, 0.25) is 5.91 Å². The predicted octanol–water partition coefficient (Wildman–Crippen LogP) is 5.41. The molecule has 35 heavy (non-hydrogen) atoms. The Morgan fingerprint density at radius 2 is 1.74 bits per heavy atom. The Morgan fingerprint density at radius 3 is 2.43 bits per heavy atom. The highest BCUT2D eigenvalue weighted by atomic mass is 35.5. The lowest BCUT2D eigenvalue weighted by molar-refractivity contribution is -0.142. The molecular weight excluding hydrogens is 467 g/mol. The van der Waals surface area contributed by atoms with E-state index in [0.29, 0.717) is 29.3 Å². The van der Waals surface area contributed by atoms with Crippen LogP contribution in [0.2, 0.25) is 5.02 Å². The molecule has 0 aromatic heterocycles. The number of amides is 2. The SMILES string of the molecule is CCCCNC(=O)[C@H](Cc1ccccc1)N(Cc1ccc(F)cc1)C(=O)COc1cccc(Cl)c1. The third-order valence-corrected chi connectivity index (χ3v) is 5.76. The van der Waals surface area contributed by atoms with Gasteiger partial charge in [0, 0.05) is 24.5 Å². The molecule has 0 radical (unpaired) electrons. The Hall–Kier alpha value is -3.38. The molecule has 0 bridgehead atoms. The second-order valence-electron chi connectivity index (χ2n) is 8.24. The number of hydrogen-bond acceptors (Lipinski definition) is 3. The van der Waals surface area contributed by atoms with Crippen LogP contribution >= 0.6 is 11.6 Å². The second-order valence-corrected chi connectivity index (χ2v) is 8.68. The summed E-state index contributed by atoms with van der Waals surface area (Å²) in [5, 5.41) is 3.46. The average Bonchev–Trinajstić information content (AvgIpc) is 2.86. The summed E-state index contributed by atoms with van der Waals surface area (Å²) >= 11 is 6.03. The third kappa shape index (κ3) is 8.41. The quantitative estimate of drug-likeness (QED) is 0.341. The largest absolute Gasteiger partial charge is 0.484 e. The van der Waals surface area contributed by atoms with Crippen molar-refractivity contribution in [3.05, 3.63) is 101 Å². The van der Waals surface area contributed by atoms with Crippen molar-refractivity contribution in [1.29, 1.82) is 0 Å². The number of unbranched alkanes of at least 4 members (excludes halogenated alkanes) is 1. The molecular formula is C28H30ClFN2O3. The molecule has 1 N–H and O–H groups in total. The van der Waals surface area contributed by atoms with Gasteiger partial charge in [-0.05, 0) is 47.9 Å². The topological polar surface area (TPSA) is 58.6 Å². The zero-order valence-electron chi connectivity index (χ0n) is 19.8. The van der Waals surface area contributed by atoms with Gasteiger partial charge in [0.15, 0.2) is 6.61 Å². The van der Waals surface area contributed by atoms with Crippen LogP contribution in [0.1, 0.15) is 30.9 Å². The summed E-state index contributed by atoms with van der Waals surface area (Å²) < 4.78 is 19.2. The number of benzene rings is 3. The average molecular weight is 497 g/mol. The fraction of sp³-hybridized carbons (Fsp3) is 0.286. The van der Waals surface area contributed by atoms with Crippen LogP contribution in [0.3, 0.4) is 0 Å². The van der Waals surface area contributed by atoms with Crippen LogP contribution in [0.15, 0.2) is 78.9 Å². The van der Waals surface area contributed by atoms with Gasteiger partial charge in [-0.2, -0.15) is 0 Å². The van der Waals surface area contributed by atoms with Crippen molar-refractivity contribution in [2.24, 2.45) is 0 Å². The number of nitrogens with zero attached hydrogens (tertiary/aromatic N) is 1. The maximum Gasteiger partial charge on any atom is 0.261 e. The van der Waals surface area contributed by atoms with Gasteiger partial charge in [0.1, 0.15) is 17.6 Å². The fourth-order valence-corrected chi connectivity index (χ4v) is 3.81. The van der Waals surface area contributed by atoms with Crippen molar-refractivity contribution in [1.82, 2.24) is 10.2 Å². The van der Waals surface area contributed by atoms with E-state index in [9.17, 15) is 14.0 Å². The van der Waals surface area contributed by atoms with Gasteiger partial charge in [-0.15, -0.1) is 0 Å². The molecule has 7 heteroatoms. The number of nitrogens with one attached hydrogen (secondary N) is 1. The van der Waals surface area contributed by atoms with E-state index < -0.39 is 6.04 Å². The monoisotopic (exact) mass is 496 g/mol. The van der Waals surface area contributed by atoms with E-state index >= 15 is 0 Å². The summed E-state index contributed by atoms with van der Waals surface area (Å²) in [5.74, 6) is -0.505. The van der Waals surface area contributed by atoms with E-state index in [4.69, 9.17) is 16.3 Å². The second kappa shape index (κ2) is 13.5. The van der Waals surface area contributed by atoms with Crippen LogP contribution in [0, 0.1) is 5.82 Å². The number of hydrogen-bond donors (Lipinski definition) is 1. The molecule has 3 aromatic carbocycles. The first kappa shape index (κ1) is 26.2. The molecule has 2 amide bonds. The highest BCUT2D eigenvalue weighted by Crippen LogP contribution is 2.19. The van der Waals surface area contributed by atoms with E-state index in [1.54, 1.807) is 36.4 Å². The molecule has 0 unspecified atom stereocenters. The molecule has 0 saturated carbocycles. The van der Waals surface area contributed by atoms with Crippen LogP contribution in [-0.4, -0.2) is 35.9 Å². The molecule has 0 heterocycles. The lowest BCUT2D eigenvalue weighted by Crippen LogP contribution is -2.51. The van der Waals surface area contributed by atoms with Crippen molar-refractivity contribution in [2.45, 2.75) is 38.8 Å². The minimum atomic E-state index is -0.769. The zero-order valence-corrected chi connectivity index (χ0v) is 20.5. The van der Waals surface area contributed by atoms with Crippen LogP contribution in [-0.2, 0) is 22.6 Å². The number of halogens is 2. The molecule has 0 saturated heterocycles. The Balaban J connectivity index is 1.87. The molecule has 0 spiro atoms. The van der Waals surface area contributed by atoms with Crippen LogP contribution in [0.25, 0.3) is 0 Å². The molecule has 0 aliphatic rings. The zero-order chi connectivity index (χ0) is 25.0. The standard InChI is InChI=1S/C28H30ClFN2O3/c1-2-3-16-31-28(34)26(17-21-8-5-4-6-9-21)32(19-22-12-14-24(30)15-13-22)27(33)20-35-25-11-7-10-23(29)18-25/h4-15,18,26H,2-3,16-17,19-20H2,1H3,(H,31,34)/t26-/m0/s1. The number of carbonyl (C=O) groups excluding carboxylic acids is 2. The van der Waals surface area contributed by atoms with E-state index in [2.05, 4.69) is 5.32 Å². The highest BCUT2D eigenvalue weighted by Gasteiger charge is 2.30. The Morgan fingerprint density at radius 1 is 1.00 bits per heavy atom. The van der Waals surface area contributed by atoms with Gasteiger partial charge >= 0.3 is 0 Å². The van der Waals surface area contributed by atoms with Gasteiger partial charge in [0.05, 0.1) is 0 Å². The maximum atomic E-state index is 13.5. The van der Waals surface area contributed by atoms with Gasteiger partial charge in [-0.25, -0.2) is 4.39 Å². The summed E-state index contributed by atoms with van der Waals surface area (Å²) in [7, 11) is 0. The molecule has 0 fully saturated rings. The summed E-state index contributed by atoms with van der Waals surface area (Å²) in [4.78, 5) is 28.3. The van der Waals surface area contributed by atoms with Gasteiger partial charge in [0.25, 0.3) is 5.91 Å². The van der Waals surface area contributed by atoms with Crippen molar-refractivity contribution < 1.29 is 18.7 Å². The van der Waals surface area contributed by atoms with Gasteiger partial charge < -0.3 is 15.0 Å². The Bertz CT molecular complexity index is 1090. The number of ether oxygens (including phenoxy) is 1. The summed E-state index contributed by atoms with van der Waals surface area (Å²) in [5.41, 5.74) is 1.64. The van der Waals surface area contributed by atoms with Crippen LogP contribution in [0.4, 0.5) is 4.39 Å². The predicted molar refractivity (Wildman–Crippen MR) is 136 cm³/mol. The lowest BCUT2D eigenvalue weighted by atomic mass is 10.0. The van der Waals surface area contributed by atoms with Crippen molar-refractivity contribution in [3.63, 3.8) is 0 Å². The van der Waals surface area contributed by atoms with E-state index in [1.807, 2.05) is 37.3 Å². The van der Waals surface area contributed by atoms with Crippen molar-refractivity contribution in [2.75, 3.05) is 13.2 Å². The normalized spacial score (nSPS) is 11.5. The first-order chi connectivity index (χ1) is 17.0. The summed E-state index contributed by atoms with van der Waals surface area (Å²) in [6, 6.07) is 21.5. The molecule has 0 aliphatic carbocycles. The smallest absolute Gasteiger partial charge is 0.261 e. The van der Waals surface area contributed by atoms with E-state index in [1.165, 1.54) is 17.0 Å². The molecule has 5 nitrogen and oxygen atoms in total. The Kier molecular flexibility index (Phi) is 10.1. The molecule has 0 aliphatic heterocycles. The highest BCUT2D eigenvalue weighted by molar-refractivity contribution is 6.30. The van der Waals surface area contributed by atoms with Gasteiger partial charge in [-0.3, -0.25) is 9.59 Å². The van der Waals surface area contributed by atoms with Crippen molar-refractivity contribution >= 4 is 23.4 Å². The number of rotatable bonds is 12. The van der Waals surface area contributed by atoms with Crippen LogP contribution < -0.4 is 10.1 Å². The fourth-order valence-electron chi connectivity index (χ4n) is 3.63.